The number of amides is 1. The fourth-order valence-electron chi connectivity index (χ4n) is 2.65. The molecule has 0 radical (unpaired) electrons. The standard InChI is InChI=1S/C18H21N5O/c1-5-23-14(4)17(10-20-23)18(24)21-15-6-8-16(9-7-15)22-11-19-12(2)13(22)3/h6-11H,5H2,1-4H3,(H,21,24). The molecule has 0 aliphatic rings. The van der Waals surface area contributed by atoms with Crippen LogP contribution in [-0.2, 0) is 6.54 Å². The summed E-state index contributed by atoms with van der Waals surface area (Å²) in [6, 6.07) is 7.71. The van der Waals surface area contributed by atoms with Crippen molar-refractivity contribution in [1.29, 1.82) is 0 Å². The predicted octanol–water partition coefficient (Wildman–Crippen LogP) is 3.27. The Balaban J connectivity index is 1.77. The van der Waals surface area contributed by atoms with Crippen molar-refractivity contribution in [1.82, 2.24) is 19.3 Å². The van der Waals surface area contributed by atoms with Crippen molar-refractivity contribution in [2.24, 2.45) is 0 Å². The van der Waals surface area contributed by atoms with Gasteiger partial charge in [0.25, 0.3) is 5.91 Å². The van der Waals surface area contributed by atoms with E-state index in [4.69, 9.17) is 0 Å². The number of aromatic nitrogens is 4. The van der Waals surface area contributed by atoms with Crippen molar-refractivity contribution in [3.05, 3.63) is 59.4 Å². The third kappa shape index (κ3) is 2.82. The van der Waals surface area contributed by atoms with Gasteiger partial charge in [-0.05, 0) is 52.0 Å². The Labute approximate surface area is 141 Å². The van der Waals surface area contributed by atoms with Crippen LogP contribution in [0.25, 0.3) is 5.69 Å². The number of hydrogen-bond donors (Lipinski definition) is 1. The second kappa shape index (κ2) is 6.31. The summed E-state index contributed by atoms with van der Waals surface area (Å²) in [6.45, 7) is 8.67. The van der Waals surface area contributed by atoms with Crippen LogP contribution >= 0.6 is 0 Å². The second-order valence-corrected chi connectivity index (χ2v) is 5.75. The van der Waals surface area contributed by atoms with Gasteiger partial charge in [-0.1, -0.05) is 0 Å². The van der Waals surface area contributed by atoms with Crippen molar-refractivity contribution in [2.75, 3.05) is 5.32 Å². The predicted molar refractivity (Wildman–Crippen MR) is 93.6 cm³/mol. The summed E-state index contributed by atoms with van der Waals surface area (Å²) in [7, 11) is 0. The molecule has 1 N–H and O–H groups in total. The van der Waals surface area contributed by atoms with Crippen LogP contribution in [-0.4, -0.2) is 25.2 Å². The Bertz CT molecular complexity index is 873. The van der Waals surface area contributed by atoms with E-state index in [1.165, 1.54) is 0 Å². The van der Waals surface area contributed by atoms with Crippen LogP contribution in [0.3, 0.4) is 0 Å². The Hall–Kier alpha value is -2.89. The van der Waals surface area contributed by atoms with Crippen molar-refractivity contribution in [3.63, 3.8) is 0 Å². The lowest BCUT2D eigenvalue weighted by Crippen LogP contribution is -2.13. The molecule has 0 spiro atoms. The first kappa shape index (κ1) is 16.0. The highest BCUT2D eigenvalue weighted by molar-refractivity contribution is 6.04. The molecule has 24 heavy (non-hydrogen) atoms. The van der Waals surface area contributed by atoms with Crippen LogP contribution in [0.2, 0.25) is 0 Å². The number of hydrogen-bond acceptors (Lipinski definition) is 3. The number of carbonyl (C=O) groups excluding carboxylic acids is 1. The van der Waals surface area contributed by atoms with Gasteiger partial charge in [-0.25, -0.2) is 4.98 Å². The number of nitrogens with zero attached hydrogens (tertiary/aromatic N) is 4. The molecule has 0 saturated carbocycles. The maximum atomic E-state index is 12.4. The van der Waals surface area contributed by atoms with Gasteiger partial charge in [-0.15, -0.1) is 0 Å². The molecule has 2 heterocycles. The van der Waals surface area contributed by atoms with Gasteiger partial charge in [-0.2, -0.15) is 5.10 Å². The first-order valence-electron chi connectivity index (χ1n) is 7.96. The van der Waals surface area contributed by atoms with Gasteiger partial charge >= 0.3 is 0 Å². The molecule has 1 amide bonds. The summed E-state index contributed by atoms with van der Waals surface area (Å²) < 4.78 is 3.83. The van der Waals surface area contributed by atoms with Gasteiger partial charge < -0.3 is 9.88 Å². The number of benzene rings is 1. The molecule has 3 rings (SSSR count). The summed E-state index contributed by atoms with van der Waals surface area (Å²) in [4.78, 5) is 16.7. The minimum Gasteiger partial charge on any atom is -0.322 e. The average Bonchev–Trinajstić information content (AvgIpc) is 3.11. The van der Waals surface area contributed by atoms with E-state index in [0.29, 0.717) is 5.56 Å². The smallest absolute Gasteiger partial charge is 0.259 e. The first-order valence-corrected chi connectivity index (χ1v) is 7.96. The summed E-state index contributed by atoms with van der Waals surface area (Å²) in [6.07, 6.45) is 3.42. The zero-order valence-electron chi connectivity index (χ0n) is 14.4. The lowest BCUT2D eigenvalue weighted by atomic mass is 10.2. The number of aryl methyl sites for hydroxylation is 2. The molecule has 6 nitrogen and oxygen atoms in total. The molecule has 2 aromatic heterocycles. The van der Waals surface area contributed by atoms with Crippen LogP contribution in [0.15, 0.2) is 36.8 Å². The largest absolute Gasteiger partial charge is 0.322 e. The number of rotatable bonds is 4. The zero-order chi connectivity index (χ0) is 17.3. The van der Waals surface area contributed by atoms with E-state index in [0.717, 1.165) is 35.0 Å². The Morgan fingerprint density at radius 1 is 1.12 bits per heavy atom. The molecule has 0 saturated heterocycles. The molecular weight excluding hydrogens is 302 g/mol. The molecule has 3 aromatic rings. The quantitative estimate of drug-likeness (QED) is 0.801. The van der Waals surface area contributed by atoms with Crippen molar-refractivity contribution >= 4 is 11.6 Å². The molecule has 1 aromatic carbocycles. The van der Waals surface area contributed by atoms with Crippen LogP contribution in [0, 0.1) is 20.8 Å². The first-order chi connectivity index (χ1) is 11.5. The van der Waals surface area contributed by atoms with Gasteiger partial charge in [0.2, 0.25) is 0 Å². The molecule has 6 heteroatoms. The average molecular weight is 323 g/mol. The third-order valence-electron chi connectivity index (χ3n) is 4.30. The number of imidazole rings is 1. The maximum Gasteiger partial charge on any atom is 0.259 e. The number of anilines is 1. The second-order valence-electron chi connectivity index (χ2n) is 5.75. The van der Waals surface area contributed by atoms with E-state index in [1.54, 1.807) is 12.5 Å². The van der Waals surface area contributed by atoms with E-state index >= 15 is 0 Å². The Kier molecular flexibility index (Phi) is 4.20. The molecule has 0 atom stereocenters. The van der Waals surface area contributed by atoms with Gasteiger partial charge in [0.1, 0.15) is 0 Å². The van der Waals surface area contributed by atoms with Crippen LogP contribution < -0.4 is 5.32 Å². The Morgan fingerprint density at radius 3 is 2.38 bits per heavy atom. The SMILES string of the molecule is CCn1ncc(C(=O)Nc2ccc(-n3cnc(C)c3C)cc2)c1C. The molecule has 0 aliphatic heterocycles. The monoisotopic (exact) mass is 323 g/mol. The topological polar surface area (TPSA) is 64.7 Å². The minimum absolute atomic E-state index is 0.144. The summed E-state index contributed by atoms with van der Waals surface area (Å²) in [5.41, 5.74) is 5.35. The number of nitrogens with one attached hydrogen (secondary N) is 1. The lowest BCUT2D eigenvalue weighted by molar-refractivity contribution is 0.102. The third-order valence-corrected chi connectivity index (χ3v) is 4.30. The van der Waals surface area contributed by atoms with Crippen molar-refractivity contribution in [3.8, 4) is 5.69 Å². The highest BCUT2D eigenvalue weighted by Crippen LogP contribution is 2.18. The lowest BCUT2D eigenvalue weighted by Gasteiger charge is -2.08. The fourth-order valence-corrected chi connectivity index (χ4v) is 2.65. The molecule has 0 bridgehead atoms. The molecular formula is C18H21N5O. The summed E-state index contributed by atoms with van der Waals surface area (Å²) >= 11 is 0. The normalized spacial score (nSPS) is 10.8. The fraction of sp³-hybridized carbons (Fsp3) is 0.278. The van der Waals surface area contributed by atoms with Gasteiger partial charge in [-0.3, -0.25) is 9.48 Å². The van der Waals surface area contributed by atoms with Crippen molar-refractivity contribution < 1.29 is 4.79 Å². The molecule has 0 aliphatic carbocycles. The summed E-state index contributed by atoms with van der Waals surface area (Å²) in [5, 5.41) is 7.13. The van der Waals surface area contributed by atoms with E-state index in [-0.39, 0.29) is 5.91 Å². The highest BCUT2D eigenvalue weighted by atomic mass is 16.1. The van der Waals surface area contributed by atoms with Gasteiger partial charge in [0.05, 0.1) is 23.8 Å². The van der Waals surface area contributed by atoms with Crippen LogP contribution in [0.4, 0.5) is 5.69 Å². The van der Waals surface area contributed by atoms with E-state index in [9.17, 15) is 4.79 Å². The molecule has 0 fully saturated rings. The van der Waals surface area contributed by atoms with E-state index < -0.39 is 0 Å². The molecule has 124 valence electrons. The van der Waals surface area contributed by atoms with Crippen LogP contribution in [0.1, 0.15) is 34.4 Å². The van der Waals surface area contributed by atoms with Gasteiger partial charge in [0.15, 0.2) is 0 Å². The Morgan fingerprint density at radius 2 is 1.83 bits per heavy atom. The van der Waals surface area contributed by atoms with Crippen LogP contribution in [0.5, 0.6) is 0 Å². The maximum absolute atomic E-state index is 12.4. The molecule has 0 unspecified atom stereocenters. The zero-order valence-corrected chi connectivity index (χ0v) is 14.4. The number of carbonyl (C=O) groups is 1. The van der Waals surface area contributed by atoms with Crippen molar-refractivity contribution in [2.45, 2.75) is 34.2 Å². The van der Waals surface area contributed by atoms with E-state index in [2.05, 4.69) is 15.4 Å². The van der Waals surface area contributed by atoms with E-state index in [1.807, 2.05) is 61.2 Å². The summed E-state index contributed by atoms with van der Waals surface area (Å²) in [5.74, 6) is -0.144. The van der Waals surface area contributed by atoms with Gasteiger partial charge in [0, 0.05) is 29.3 Å². The minimum atomic E-state index is -0.144. The highest BCUT2D eigenvalue weighted by Gasteiger charge is 2.14.